The molecule has 3 N–H and O–H groups in total. The monoisotopic (exact) mass is 300 g/mol. The van der Waals surface area contributed by atoms with Gasteiger partial charge in [-0.1, -0.05) is 40.0 Å². The Morgan fingerprint density at radius 1 is 1.19 bits per heavy atom. The van der Waals surface area contributed by atoms with Gasteiger partial charge in [0.25, 0.3) is 0 Å². The average molecular weight is 300 g/mol. The lowest BCUT2D eigenvalue weighted by Crippen LogP contribution is -2.53. The lowest BCUT2D eigenvalue weighted by Gasteiger charge is -2.26. The van der Waals surface area contributed by atoms with Crippen molar-refractivity contribution in [2.24, 2.45) is 5.92 Å². The lowest BCUT2D eigenvalue weighted by molar-refractivity contribution is -0.144. The van der Waals surface area contributed by atoms with Gasteiger partial charge in [0.15, 0.2) is 0 Å². The van der Waals surface area contributed by atoms with E-state index in [9.17, 15) is 14.7 Å². The van der Waals surface area contributed by atoms with Crippen LogP contribution in [0, 0.1) is 5.92 Å². The van der Waals surface area contributed by atoms with Gasteiger partial charge in [0.05, 0.1) is 6.54 Å². The zero-order valence-electron chi connectivity index (χ0n) is 14.2. The number of hydrogen-bond donors (Lipinski definition) is 3. The van der Waals surface area contributed by atoms with Crippen LogP contribution in [0.5, 0.6) is 0 Å². The molecule has 2 unspecified atom stereocenters. The fourth-order valence-corrected chi connectivity index (χ4v) is 2.28. The van der Waals surface area contributed by atoms with E-state index in [1.54, 1.807) is 6.92 Å². The molecule has 21 heavy (non-hydrogen) atoms. The second kappa shape index (κ2) is 9.77. The van der Waals surface area contributed by atoms with Crippen molar-refractivity contribution in [2.45, 2.75) is 78.3 Å². The molecule has 0 spiro atoms. The Balaban J connectivity index is 4.10. The largest absolute Gasteiger partial charge is 0.480 e. The number of carbonyl (C=O) groups excluding carboxylic acids is 1. The topological polar surface area (TPSA) is 78.4 Å². The van der Waals surface area contributed by atoms with Crippen LogP contribution >= 0.6 is 0 Å². The predicted octanol–water partition coefficient (Wildman–Crippen LogP) is 2.55. The zero-order valence-corrected chi connectivity index (χ0v) is 14.2. The van der Waals surface area contributed by atoms with E-state index in [0.717, 1.165) is 25.7 Å². The number of carboxylic acid groups (broad SMARTS) is 1. The van der Waals surface area contributed by atoms with Gasteiger partial charge in [0, 0.05) is 6.04 Å². The molecule has 0 aromatic carbocycles. The minimum Gasteiger partial charge on any atom is -0.480 e. The Bertz CT molecular complexity index is 331. The molecule has 5 heteroatoms. The number of carboxylic acids is 1. The summed E-state index contributed by atoms with van der Waals surface area (Å²) >= 11 is 0. The third-order valence-electron chi connectivity index (χ3n) is 3.69. The fourth-order valence-electron chi connectivity index (χ4n) is 2.28. The van der Waals surface area contributed by atoms with E-state index in [1.165, 1.54) is 0 Å². The van der Waals surface area contributed by atoms with Gasteiger partial charge in [-0.3, -0.25) is 14.9 Å². The maximum absolute atomic E-state index is 11.9. The van der Waals surface area contributed by atoms with Gasteiger partial charge < -0.3 is 10.4 Å². The van der Waals surface area contributed by atoms with E-state index < -0.39 is 11.5 Å². The van der Waals surface area contributed by atoms with Crippen molar-refractivity contribution in [3.63, 3.8) is 0 Å². The van der Waals surface area contributed by atoms with E-state index in [0.29, 0.717) is 12.3 Å². The Morgan fingerprint density at radius 3 is 2.29 bits per heavy atom. The zero-order chi connectivity index (χ0) is 16.5. The van der Waals surface area contributed by atoms with Crippen LogP contribution in [-0.2, 0) is 9.59 Å². The third-order valence-corrected chi connectivity index (χ3v) is 3.69. The molecule has 0 aromatic heterocycles. The summed E-state index contributed by atoms with van der Waals surface area (Å²) in [6, 6.07) is 0.125. The standard InChI is InChI=1S/C16H32N2O3/c1-6-10-16(5,15(20)21)17-11-14(19)18-13(4)9-7-8-12(2)3/h12-13,17H,6-11H2,1-5H3,(H,18,19)(H,20,21). The summed E-state index contributed by atoms with van der Waals surface area (Å²) in [6.45, 7) is 9.96. The molecule has 0 saturated carbocycles. The van der Waals surface area contributed by atoms with Gasteiger partial charge in [0.1, 0.15) is 5.54 Å². The number of carbonyl (C=O) groups is 2. The molecule has 0 saturated heterocycles. The van der Waals surface area contributed by atoms with Gasteiger partial charge in [0.2, 0.25) is 5.91 Å². The van der Waals surface area contributed by atoms with Gasteiger partial charge in [-0.2, -0.15) is 0 Å². The first-order valence-electron chi connectivity index (χ1n) is 7.99. The summed E-state index contributed by atoms with van der Waals surface area (Å²) < 4.78 is 0. The van der Waals surface area contributed by atoms with E-state index in [4.69, 9.17) is 0 Å². The van der Waals surface area contributed by atoms with Gasteiger partial charge in [-0.25, -0.2) is 0 Å². The van der Waals surface area contributed by atoms with Crippen LogP contribution in [0.2, 0.25) is 0 Å². The summed E-state index contributed by atoms with van der Waals surface area (Å²) in [4.78, 5) is 23.1. The van der Waals surface area contributed by atoms with Crippen molar-refractivity contribution in [2.75, 3.05) is 6.54 Å². The van der Waals surface area contributed by atoms with Crippen LogP contribution < -0.4 is 10.6 Å². The SMILES string of the molecule is CCCC(C)(NCC(=O)NC(C)CCCC(C)C)C(=O)O. The van der Waals surface area contributed by atoms with Gasteiger partial charge >= 0.3 is 5.97 Å². The molecular weight excluding hydrogens is 268 g/mol. The molecule has 0 heterocycles. The summed E-state index contributed by atoms with van der Waals surface area (Å²) in [7, 11) is 0. The maximum Gasteiger partial charge on any atom is 0.323 e. The lowest BCUT2D eigenvalue weighted by atomic mass is 9.96. The highest BCUT2D eigenvalue weighted by Gasteiger charge is 2.31. The van der Waals surface area contributed by atoms with E-state index in [-0.39, 0.29) is 18.5 Å². The molecule has 0 fully saturated rings. The normalized spacial score (nSPS) is 15.5. The van der Waals surface area contributed by atoms with Gasteiger partial charge in [-0.15, -0.1) is 0 Å². The molecule has 0 aliphatic heterocycles. The number of rotatable bonds is 11. The summed E-state index contributed by atoms with van der Waals surface area (Å²) in [5.74, 6) is -0.377. The second-order valence-corrected chi connectivity index (χ2v) is 6.53. The van der Waals surface area contributed by atoms with Crippen LogP contribution in [-0.4, -0.2) is 35.1 Å². The second-order valence-electron chi connectivity index (χ2n) is 6.53. The highest BCUT2D eigenvalue weighted by atomic mass is 16.4. The smallest absolute Gasteiger partial charge is 0.323 e. The van der Waals surface area contributed by atoms with Crippen molar-refractivity contribution in [3.05, 3.63) is 0 Å². The molecule has 5 nitrogen and oxygen atoms in total. The quantitative estimate of drug-likeness (QED) is 0.548. The molecule has 0 rings (SSSR count). The Hall–Kier alpha value is -1.10. The minimum absolute atomic E-state index is 0.0390. The number of hydrogen-bond acceptors (Lipinski definition) is 3. The molecule has 0 aromatic rings. The predicted molar refractivity (Wildman–Crippen MR) is 85.2 cm³/mol. The molecular formula is C16H32N2O3. The summed E-state index contributed by atoms with van der Waals surface area (Å²) in [5.41, 5.74) is -1.03. The van der Waals surface area contributed by atoms with E-state index in [2.05, 4.69) is 24.5 Å². The Labute approximate surface area is 128 Å². The number of aliphatic carboxylic acids is 1. The fraction of sp³-hybridized carbons (Fsp3) is 0.875. The third kappa shape index (κ3) is 8.71. The molecule has 0 radical (unpaired) electrons. The minimum atomic E-state index is -1.03. The molecule has 0 aliphatic rings. The summed E-state index contributed by atoms with van der Waals surface area (Å²) in [6.07, 6.45) is 4.46. The Morgan fingerprint density at radius 2 is 1.81 bits per heavy atom. The van der Waals surface area contributed by atoms with Crippen LogP contribution in [0.25, 0.3) is 0 Å². The van der Waals surface area contributed by atoms with Gasteiger partial charge in [-0.05, 0) is 32.6 Å². The van der Waals surface area contributed by atoms with Crippen molar-refractivity contribution in [1.82, 2.24) is 10.6 Å². The van der Waals surface area contributed by atoms with Crippen molar-refractivity contribution >= 4 is 11.9 Å². The van der Waals surface area contributed by atoms with E-state index in [1.807, 2.05) is 13.8 Å². The van der Waals surface area contributed by atoms with Crippen LogP contribution in [0.3, 0.4) is 0 Å². The molecule has 0 bridgehead atoms. The van der Waals surface area contributed by atoms with Crippen molar-refractivity contribution < 1.29 is 14.7 Å². The average Bonchev–Trinajstić information content (AvgIpc) is 2.36. The van der Waals surface area contributed by atoms with Crippen LogP contribution in [0.15, 0.2) is 0 Å². The van der Waals surface area contributed by atoms with Crippen molar-refractivity contribution in [1.29, 1.82) is 0 Å². The number of amides is 1. The van der Waals surface area contributed by atoms with Crippen LogP contribution in [0.1, 0.15) is 66.7 Å². The van der Waals surface area contributed by atoms with Crippen LogP contribution in [0.4, 0.5) is 0 Å². The number of nitrogens with one attached hydrogen (secondary N) is 2. The highest BCUT2D eigenvalue weighted by molar-refractivity contribution is 5.82. The molecule has 0 aliphatic carbocycles. The van der Waals surface area contributed by atoms with Crippen molar-refractivity contribution in [3.8, 4) is 0 Å². The molecule has 1 amide bonds. The summed E-state index contributed by atoms with van der Waals surface area (Å²) in [5, 5.41) is 15.0. The molecule has 2 atom stereocenters. The first-order chi connectivity index (χ1) is 9.71. The maximum atomic E-state index is 11.9. The van der Waals surface area contributed by atoms with E-state index >= 15 is 0 Å². The molecule has 124 valence electrons. The Kier molecular flexibility index (Phi) is 9.26. The first kappa shape index (κ1) is 19.9. The highest BCUT2D eigenvalue weighted by Crippen LogP contribution is 2.12. The first-order valence-corrected chi connectivity index (χ1v) is 7.99.